The summed E-state index contributed by atoms with van der Waals surface area (Å²) in [6.07, 6.45) is 13.2. The van der Waals surface area contributed by atoms with Gasteiger partial charge in [-0.15, -0.1) is 23.5 Å². The summed E-state index contributed by atoms with van der Waals surface area (Å²) < 4.78 is 6.30. The number of aliphatic hydroxyl groups excluding tert-OH is 1. The summed E-state index contributed by atoms with van der Waals surface area (Å²) in [5.41, 5.74) is 4.35. The molecule has 5 aliphatic carbocycles. The molecule has 1 saturated heterocycles. The lowest BCUT2D eigenvalue weighted by molar-refractivity contribution is -0.234. The number of fused-ring (bicyclic) bond motifs is 7. The van der Waals surface area contributed by atoms with E-state index in [1.165, 1.54) is 75.7 Å². The van der Waals surface area contributed by atoms with Gasteiger partial charge in [0.05, 0.1) is 10.7 Å². The van der Waals surface area contributed by atoms with Crippen LogP contribution in [0.3, 0.4) is 0 Å². The van der Waals surface area contributed by atoms with Crippen LogP contribution in [0.4, 0.5) is 0 Å². The van der Waals surface area contributed by atoms with Crippen molar-refractivity contribution in [1.82, 2.24) is 0 Å². The molecule has 6 aliphatic rings. The average molecular weight is 603 g/mol. The van der Waals surface area contributed by atoms with E-state index in [1.807, 2.05) is 23.5 Å². The first-order chi connectivity index (χ1) is 19.2. The number of thioether (sulfide) groups is 2. The molecule has 0 aromatic rings. The third-order valence-corrected chi connectivity index (χ3v) is 17.7. The van der Waals surface area contributed by atoms with Crippen molar-refractivity contribution in [2.45, 2.75) is 143 Å². The largest absolute Gasteiger partial charge is 0.462 e. The summed E-state index contributed by atoms with van der Waals surface area (Å²) in [4.78, 5) is 12.0. The van der Waals surface area contributed by atoms with Crippen molar-refractivity contribution in [3.63, 3.8) is 0 Å². The molecule has 0 aromatic carbocycles. The Labute approximate surface area is 259 Å². The van der Waals surface area contributed by atoms with E-state index in [9.17, 15) is 9.90 Å². The molecule has 5 heteroatoms. The zero-order valence-electron chi connectivity index (χ0n) is 27.3. The molecule has 232 valence electrons. The highest BCUT2D eigenvalue weighted by Gasteiger charge is 2.70. The molecule has 41 heavy (non-hydrogen) atoms. The number of ether oxygens (including phenoxy) is 1. The predicted molar refractivity (Wildman–Crippen MR) is 174 cm³/mol. The number of rotatable bonds is 4. The van der Waals surface area contributed by atoms with Crippen LogP contribution in [0.2, 0.25) is 0 Å². The quantitative estimate of drug-likeness (QED) is 0.257. The second-order valence-electron chi connectivity index (χ2n) is 16.7. The fourth-order valence-corrected chi connectivity index (χ4v) is 15.6. The molecule has 1 heterocycles. The highest BCUT2D eigenvalue weighted by molar-refractivity contribution is 8.17. The van der Waals surface area contributed by atoms with Gasteiger partial charge in [0.25, 0.3) is 0 Å². The zero-order valence-corrected chi connectivity index (χ0v) is 28.9. The van der Waals surface area contributed by atoms with Crippen molar-refractivity contribution in [3.05, 3.63) is 11.1 Å². The van der Waals surface area contributed by atoms with Crippen molar-refractivity contribution in [2.24, 2.45) is 50.7 Å². The minimum atomic E-state index is -0.218. The normalized spacial score (nSPS) is 46.8. The average Bonchev–Trinajstić information content (AvgIpc) is 3.32. The molecule has 2 unspecified atom stereocenters. The van der Waals surface area contributed by atoms with Gasteiger partial charge in [0.1, 0.15) is 6.10 Å². The fraction of sp³-hybridized carbons (Fsp3) is 0.917. The van der Waals surface area contributed by atoms with Gasteiger partial charge in [0.2, 0.25) is 0 Å². The second kappa shape index (κ2) is 10.5. The van der Waals surface area contributed by atoms with Gasteiger partial charge in [0.15, 0.2) is 0 Å². The molecule has 1 aliphatic heterocycles. The number of carbonyl (C=O) groups excluding carboxylic acids is 1. The molecule has 0 aromatic heterocycles. The standard InChI is InChI=1S/C36H58O3S2/c1-22(2)24-12-17-36(30(38)31-40-20-9-21-41-31)19-18-34(7)25(29(24)36)10-11-27-33(6)15-14-28(39-23(3)37)32(4,5)26(33)13-16-35(27,34)8/h22,25-28,30-31,38H,9-21H2,1-8H3/t25-,26+,27-,28+,30?,33?,34-,35-,36+/m1/s1. The second-order valence-corrected chi connectivity index (χ2v) is 19.5. The third kappa shape index (κ3) is 4.33. The van der Waals surface area contributed by atoms with Crippen molar-refractivity contribution < 1.29 is 14.6 Å². The Hall–Kier alpha value is -0.130. The van der Waals surface area contributed by atoms with Gasteiger partial charge in [-0.25, -0.2) is 0 Å². The van der Waals surface area contributed by atoms with Crippen LogP contribution in [-0.2, 0) is 9.53 Å². The first-order valence-corrected chi connectivity index (χ1v) is 19.1. The maximum absolute atomic E-state index is 12.3. The predicted octanol–water partition coefficient (Wildman–Crippen LogP) is 9.28. The minimum Gasteiger partial charge on any atom is -0.462 e. The molecule has 4 saturated carbocycles. The Morgan fingerprint density at radius 1 is 0.878 bits per heavy atom. The van der Waals surface area contributed by atoms with Crippen LogP contribution in [0.1, 0.15) is 126 Å². The van der Waals surface area contributed by atoms with Crippen LogP contribution in [-0.4, -0.2) is 39.4 Å². The summed E-state index contributed by atoms with van der Waals surface area (Å²) in [6.45, 7) is 19.3. The van der Waals surface area contributed by atoms with E-state index in [0.717, 1.165) is 6.42 Å². The zero-order chi connectivity index (χ0) is 29.6. The van der Waals surface area contributed by atoms with Crippen molar-refractivity contribution in [3.8, 4) is 0 Å². The molecule has 3 nitrogen and oxygen atoms in total. The molecule has 5 fully saturated rings. The van der Waals surface area contributed by atoms with E-state index in [-0.39, 0.29) is 39.8 Å². The fourth-order valence-electron chi connectivity index (χ4n) is 12.5. The number of hydrogen-bond acceptors (Lipinski definition) is 5. The maximum atomic E-state index is 12.3. The van der Waals surface area contributed by atoms with E-state index < -0.39 is 0 Å². The number of esters is 1. The van der Waals surface area contributed by atoms with E-state index in [4.69, 9.17) is 4.74 Å². The first-order valence-electron chi connectivity index (χ1n) is 17.0. The Kier molecular flexibility index (Phi) is 7.88. The van der Waals surface area contributed by atoms with Crippen LogP contribution in [0, 0.1) is 50.7 Å². The SMILES string of the molecule is CC(=O)O[C@H]1CCC2(C)[C@H]3CC[C@@H]4C5=C(C(C)C)CC[C@]5(C(O)C5SCCCS5)CC[C@@]4(C)[C@]3(C)CC[C@H]2C1(C)C. The molecule has 9 atom stereocenters. The number of hydrogen-bond donors (Lipinski definition) is 1. The minimum absolute atomic E-state index is 0.000166. The molecule has 0 radical (unpaired) electrons. The Balaban J connectivity index is 1.36. The van der Waals surface area contributed by atoms with Crippen LogP contribution < -0.4 is 0 Å². The van der Waals surface area contributed by atoms with Gasteiger partial charge in [-0.1, -0.05) is 59.6 Å². The summed E-state index contributed by atoms with van der Waals surface area (Å²) in [6, 6.07) is 0. The molecule has 0 spiro atoms. The maximum Gasteiger partial charge on any atom is 0.302 e. The Morgan fingerprint density at radius 3 is 2.24 bits per heavy atom. The Bertz CT molecular complexity index is 1080. The van der Waals surface area contributed by atoms with Crippen molar-refractivity contribution >= 4 is 29.5 Å². The van der Waals surface area contributed by atoms with Gasteiger partial charge in [0, 0.05) is 17.8 Å². The molecule has 6 rings (SSSR count). The lowest BCUT2D eigenvalue weighted by Gasteiger charge is -2.72. The van der Waals surface area contributed by atoms with Crippen LogP contribution in [0.15, 0.2) is 11.1 Å². The van der Waals surface area contributed by atoms with Crippen LogP contribution in [0.25, 0.3) is 0 Å². The third-order valence-electron chi connectivity index (χ3n) is 14.6. The van der Waals surface area contributed by atoms with E-state index in [0.29, 0.717) is 33.7 Å². The molecular weight excluding hydrogens is 545 g/mol. The van der Waals surface area contributed by atoms with Gasteiger partial charge in [-0.2, -0.15) is 0 Å². The van der Waals surface area contributed by atoms with Gasteiger partial charge >= 0.3 is 5.97 Å². The summed E-state index contributed by atoms with van der Waals surface area (Å²) >= 11 is 4.08. The smallest absolute Gasteiger partial charge is 0.302 e. The number of carbonyl (C=O) groups is 1. The Morgan fingerprint density at radius 2 is 1.59 bits per heavy atom. The van der Waals surface area contributed by atoms with Crippen molar-refractivity contribution in [2.75, 3.05) is 11.5 Å². The van der Waals surface area contributed by atoms with E-state index in [2.05, 4.69) is 48.5 Å². The molecular formula is C36H58O3S2. The van der Waals surface area contributed by atoms with Gasteiger partial charge in [-0.3, -0.25) is 4.79 Å². The highest BCUT2D eigenvalue weighted by Crippen LogP contribution is 2.77. The van der Waals surface area contributed by atoms with Crippen molar-refractivity contribution in [1.29, 1.82) is 0 Å². The van der Waals surface area contributed by atoms with E-state index >= 15 is 0 Å². The number of allylic oxidation sites excluding steroid dienone is 1. The van der Waals surface area contributed by atoms with E-state index in [1.54, 1.807) is 18.1 Å². The molecule has 1 N–H and O–H groups in total. The van der Waals surface area contributed by atoms with Gasteiger partial charge < -0.3 is 9.84 Å². The van der Waals surface area contributed by atoms with Gasteiger partial charge in [-0.05, 0) is 122 Å². The first kappa shape index (κ1) is 30.9. The topological polar surface area (TPSA) is 46.5 Å². The molecule has 0 bridgehead atoms. The van der Waals surface area contributed by atoms with Crippen LogP contribution >= 0.6 is 23.5 Å². The van der Waals surface area contributed by atoms with Crippen LogP contribution in [0.5, 0.6) is 0 Å². The summed E-state index contributed by atoms with van der Waals surface area (Å²) in [5, 5.41) is 12.3. The molecule has 0 amide bonds. The lowest BCUT2D eigenvalue weighted by atomic mass is 9.33. The number of aliphatic hydroxyl groups is 1. The monoisotopic (exact) mass is 602 g/mol. The summed E-state index contributed by atoms with van der Waals surface area (Å²) in [7, 11) is 0. The highest BCUT2D eigenvalue weighted by atomic mass is 32.2. The lowest BCUT2D eigenvalue weighted by Crippen LogP contribution is -2.66. The summed E-state index contributed by atoms with van der Waals surface area (Å²) in [5.74, 6) is 4.77.